The topological polar surface area (TPSA) is 0 Å². The molecule has 0 aliphatic carbocycles. The molecule has 0 unspecified atom stereocenters. The zero-order chi connectivity index (χ0) is 7.40. The fourth-order valence-electron chi connectivity index (χ4n) is 0.730. The van der Waals surface area contributed by atoms with Crippen molar-refractivity contribution in [2.45, 2.75) is 13.3 Å². The summed E-state index contributed by atoms with van der Waals surface area (Å²) >= 11 is 2.34. The normalized spacial score (nSPS) is 8.36. The summed E-state index contributed by atoms with van der Waals surface area (Å²) in [7, 11) is 0. The van der Waals surface area contributed by atoms with E-state index < -0.39 is 0 Å². The summed E-state index contributed by atoms with van der Waals surface area (Å²) in [6, 6.07) is 9.34. The number of aryl methyl sites for hydroxylation is 1. The Bertz CT molecular complexity index is 216. The van der Waals surface area contributed by atoms with E-state index in [1.807, 2.05) is 6.07 Å². The molecule has 0 bridgehead atoms. The molecule has 0 aliphatic rings. The van der Waals surface area contributed by atoms with E-state index in [1.54, 1.807) is 0 Å². The van der Waals surface area contributed by atoms with E-state index in [0.29, 0.717) is 0 Å². The molecule has 1 rings (SSSR count). The first-order valence-corrected chi connectivity index (χ1v) is 3.87. The second kappa shape index (κ2) is 6.31. The Balaban J connectivity index is 0.000001000. The monoisotopic (exact) mass is 256 g/mol. The minimum atomic E-state index is 0. The van der Waals surface area contributed by atoms with Gasteiger partial charge in [0, 0.05) is 32.7 Å². The molecule has 0 atom stereocenters. The molecule has 2 heteroatoms. The molecule has 0 aromatic heterocycles. The van der Waals surface area contributed by atoms with E-state index in [2.05, 4.69) is 46.8 Å². The molecule has 0 saturated heterocycles. The molecular formula is C9H8VY-2. The molecule has 0 saturated carbocycles. The minimum Gasteiger partial charge on any atom is 0 e. The van der Waals surface area contributed by atoms with Crippen molar-refractivity contribution < 1.29 is 49.7 Å². The molecule has 0 N–H and O–H groups in total. The van der Waals surface area contributed by atoms with Crippen LogP contribution in [0, 0.1) is 13.0 Å². The summed E-state index contributed by atoms with van der Waals surface area (Å²) in [4.78, 5) is 0. The van der Waals surface area contributed by atoms with E-state index in [1.165, 1.54) is 11.1 Å². The van der Waals surface area contributed by atoms with Gasteiger partial charge in [0.25, 0.3) is 0 Å². The third-order valence-corrected chi connectivity index (χ3v) is 1.55. The van der Waals surface area contributed by atoms with Gasteiger partial charge in [-0.25, -0.2) is 0 Å². The van der Waals surface area contributed by atoms with Crippen molar-refractivity contribution in [3.63, 3.8) is 0 Å². The largest absolute Gasteiger partial charge is 0 e. The molecule has 11 heavy (non-hydrogen) atoms. The first-order valence-electron chi connectivity index (χ1n) is 3.17. The van der Waals surface area contributed by atoms with Crippen molar-refractivity contribution in [3.8, 4) is 0 Å². The molecule has 1 aromatic carbocycles. The summed E-state index contributed by atoms with van der Waals surface area (Å²) in [6.07, 6.45) is 0.875. The Hall–Kier alpha value is 0.778. The van der Waals surface area contributed by atoms with Crippen LogP contribution in [-0.4, -0.2) is 4.73 Å². The van der Waals surface area contributed by atoms with Crippen molar-refractivity contribution >= 4 is 4.73 Å². The molecule has 0 amide bonds. The SMILES string of the molecule is Cc1c[c-]c(C[C-]=[V])cc1.[Y]. The molecule has 54 valence electrons. The van der Waals surface area contributed by atoms with Crippen LogP contribution in [0.4, 0.5) is 0 Å². The van der Waals surface area contributed by atoms with Crippen molar-refractivity contribution in [1.82, 2.24) is 0 Å². The third-order valence-electron chi connectivity index (χ3n) is 1.30. The van der Waals surface area contributed by atoms with E-state index >= 15 is 0 Å². The van der Waals surface area contributed by atoms with Crippen molar-refractivity contribution in [3.05, 3.63) is 35.4 Å². The fourth-order valence-corrected chi connectivity index (χ4v) is 0.996. The second-order valence-electron chi connectivity index (χ2n) is 2.23. The molecule has 0 spiro atoms. The summed E-state index contributed by atoms with van der Waals surface area (Å²) in [5.41, 5.74) is 2.46. The summed E-state index contributed by atoms with van der Waals surface area (Å²) < 4.78 is 3.01. The maximum absolute atomic E-state index is 3.17. The van der Waals surface area contributed by atoms with E-state index in [4.69, 9.17) is 0 Å². The number of benzene rings is 1. The molecule has 0 aliphatic heterocycles. The predicted molar refractivity (Wildman–Crippen MR) is 38.7 cm³/mol. The number of hydrogen-bond acceptors (Lipinski definition) is 0. The summed E-state index contributed by atoms with van der Waals surface area (Å²) in [6.45, 7) is 2.07. The number of rotatable bonds is 2. The van der Waals surface area contributed by atoms with Crippen LogP contribution in [0.5, 0.6) is 0 Å². The first kappa shape index (κ1) is 11.8. The predicted octanol–water partition coefficient (Wildman–Crippen LogP) is 1.56. The standard InChI is InChI=1S/C9H8.V.Y/c1-3-9-6-4-8(2)5-7-9;;/h4-6H,3H2,2H3;;/q-2;;. The Morgan fingerprint density at radius 1 is 1.55 bits per heavy atom. The average Bonchev–Trinajstić information content (AvgIpc) is 1.95. The van der Waals surface area contributed by atoms with Crippen LogP contribution < -0.4 is 0 Å². The smallest absolute Gasteiger partial charge is 0 e. The second-order valence-corrected chi connectivity index (χ2v) is 2.72. The quantitative estimate of drug-likeness (QED) is 0.704. The maximum atomic E-state index is 3.17. The van der Waals surface area contributed by atoms with Crippen LogP contribution in [0.3, 0.4) is 0 Å². The van der Waals surface area contributed by atoms with Gasteiger partial charge in [0.2, 0.25) is 0 Å². The number of hydrogen-bond donors (Lipinski definition) is 0. The van der Waals surface area contributed by atoms with Gasteiger partial charge in [-0.2, -0.15) is 0 Å². The molecule has 0 fully saturated rings. The van der Waals surface area contributed by atoms with Gasteiger partial charge in [0.1, 0.15) is 0 Å². The first-order chi connectivity index (χ1) is 4.83. The average molecular weight is 256 g/mol. The summed E-state index contributed by atoms with van der Waals surface area (Å²) in [5.74, 6) is 0. The Kier molecular flexibility index (Phi) is 6.76. The zero-order valence-corrected chi connectivity index (χ0v) is 10.7. The van der Waals surface area contributed by atoms with Crippen LogP contribution in [-0.2, 0) is 56.1 Å². The Morgan fingerprint density at radius 2 is 2.27 bits per heavy atom. The van der Waals surface area contributed by atoms with E-state index in [0.717, 1.165) is 6.42 Å². The zero-order valence-electron chi connectivity index (χ0n) is 6.46. The van der Waals surface area contributed by atoms with Gasteiger partial charge in [-0.3, -0.25) is 0 Å². The van der Waals surface area contributed by atoms with Gasteiger partial charge in [0.05, 0.1) is 0 Å². The van der Waals surface area contributed by atoms with Crippen LogP contribution in [0.1, 0.15) is 11.1 Å². The molecule has 1 aromatic rings. The summed E-state index contributed by atoms with van der Waals surface area (Å²) in [5, 5.41) is 0. The van der Waals surface area contributed by atoms with Gasteiger partial charge in [-0.15, -0.1) is 0 Å². The Labute approximate surface area is 102 Å². The molecule has 1 radical (unpaired) electrons. The van der Waals surface area contributed by atoms with Crippen molar-refractivity contribution in [2.24, 2.45) is 0 Å². The molecular weight excluding hydrogens is 248 g/mol. The van der Waals surface area contributed by atoms with Gasteiger partial charge in [-0.05, 0) is 0 Å². The third kappa shape index (κ3) is 4.38. The molecule has 0 heterocycles. The van der Waals surface area contributed by atoms with Crippen LogP contribution in [0.15, 0.2) is 18.2 Å². The van der Waals surface area contributed by atoms with Crippen LogP contribution in [0.2, 0.25) is 0 Å². The van der Waals surface area contributed by atoms with Crippen molar-refractivity contribution in [2.75, 3.05) is 0 Å². The van der Waals surface area contributed by atoms with E-state index in [9.17, 15) is 0 Å². The van der Waals surface area contributed by atoms with Gasteiger partial charge >= 0.3 is 70.4 Å². The fraction of sp³-hybridized carbons (Fsp3) is 0.222. The van der Waals surface area contributed by atoms with Crippen LogP contribution >= 0.6 is 0 Å². The van der Waals surface area contributed by atoms with Gasteiger partial charge in [0.15, 0.2) is 0 Å². The van der Waals surface area contributed by atoms with Gasteiger partial charge < -0.3 is 0 Å². The van der Waals surface area contributed by atoms with Crippen molar-refractivity contribution in [1.29, 1.82) is 0 Å². The Morgan fingerprint density at radius 3 is 2.73 bits per heavy atom. The van der Waals surface area contributed by atoms with E-state index in [-0.39, 0.29) is 32.7 Å². The minimum absolute atomic E-state index is 0. The maximum Gasteiger partial charge on any atom is 0 e. The van der Waals surface area contributed by atoms with Gasteiger partial charge in [-0.1, -0.05) is 0 Å². The molecule has 0 nitrogen and oxygen atoms in total. The van der Waals surface area contributed by atoms with Crippen LogP contribution in [0.25, 0.3) is 0 Å².